The highest BCUT2D eigenvalue weighted by molar-refractivity contribution is 7.98. The summed E-state index contributed by atoms with van der Waals surface area (Å²) < 4.78 is 6.97. The number of nitrogens with zero attached hydrogens (tertiary/aromatic N) is 5. The Balaban J connectivity index is 1.60. The molecule has 0 saturated heterocycles. The van der Waals surface area contributed by atoms with Crippen molar-refractivity contribution in [1.29, 1.82) is 0 Å². The number of hydrogen-bond acceptors (Lipinski definition) is 6. The molecule has 0 spiro atoms. The van der Waals surface area contributed by atoms with Gasteiger partial charge in [0.05, 0.1) is 11.4 Å². The second-order valence-corrected chi connectivity index (χ2v) is 6.24. The molecule has 0 bridgehead atoms. The molecule has 0 N–H and O–H groups in total. The summed E-state index contributed by atoms with van der Waals surface area (Å²) in [7, 11) is 0. The average molecular weight is 315 g/mol. The minimum absolute atomic E-state index is 0.504. The van der Waals surface area contributed by atoms with Gasteiger partial charge in [0.1, 0.15) is 6.33 Å². The Morgan fingerprint density at radius 2 is 2.05 bits per heavy atom. The van der Waals surface area contributed by atoms with E-state index in [0.717, 1.165) is 12.1 Å². The van der Waals surface area contributed by atoms with Crippen molar-refractivity contribution in [1.82, 2.24) is 24.9 Å². The van der Waals surface area contributed by atoms with E-state index in [1.54, 1.807) is 11.0 Å². The number of rotatable bonds is 6. The molecule has 0 aliphatic rings. The van der Waals surface area contributed by atoms with Crippen LogP contribution in [0.3, 0.4) is 0 Å². The molecule has 0 aliphatic heterocycles. The normalized spacial score (nSPS) is 11.2. The number of benzene rings is 1. The molecular weight excluding hydrogens is 298 g/mol. The fourth-order valence-corrected chi connectivity index (χ4v) is 2.57. The maximum Gasteiger partial charge on any atom is 0.226 e. The van der Waals surface area contributed by atoms with Gasteiger partial charge in [0.2, 0.25) is 11.0 Å². The van der Waals surface area contributed by atoms with Gasteiger partial charge in [0.15, 0.2) is 5.82 Å². The first-order valence-electron chi connectivity index (χ1n) is 7.12. The van der Waals surface area contributed by atoms with E-state index in [-0.39, 0.29) is 0 Å². The van der Waals surface area contributed by atoms with Gasteiger partial charge in [-0.1, -0.05) is 49.0 Å². The second kappa shape index (κ2) is 6.74. The van der Waals surface area contributed by atoms with E-state index in [1.807, 2.05) is 30.3 Å². The second-order valence-electron chi connectivity index (χ2n) is 5.30. The molecule has 0 atom stereocenters. The fourth-order valence-electron chi connectivity index (χ4n) is 1.93. The van der Waals surface area contributed by atoms with Crippen molar-refractivity contribution in [2.24, 2.45) is 5.92 Å². The summed E-state index contributed by atoms with van der Waals surface area (Å²) in [6.45, 7) is 4.25. The molecule has 2 heterocycles. The van der Waals surface area contributed by atoms with Gasteiger partial charge in [-0.3, -0.25) is 0 Å². The van der Waals surface area contributed by atoms with Crippen LogP contribution in [0.5, 0.6) is 0 Å². The van der Waals surface area contributed by atoms with E-state index in [0.29, 0.717) is 28.5 Å². The van der Waals surface area contributed by atoms with Crippen LogP contribution in [0, 0.1) is 5.92 Å². The molecule has 0 fully saturated rings. The van der Waals surface area contributed by atoms with Crippen LogP contribution in [0.1, 0.15) is 25.6 Å². The zero-order valence-electron chi connectivity index (χ0n) is 12.5. The van der Waals surface area contributed by atoms with Crippen molar-refractivity contribution < 1.29 is 4.52 Å². The Hall–Kier alpha value is -2.15. The van der Waals surface area contributed by atoms with Crippen LogP contribution in [0.25, 0.3) is 5.69 Å². The van der Waals surface area contributed by atoms with E-state index in [4.69, 9.17) is 4.52 Å². The third-order valence-corrected chi connectivity index (χ3v) is 3.76. The first-order valence-corrected chi connectivity index (χ1v) is 8.10. The zero-order chi connectivity index (χ0) is 15.4. The van der Waals surface area contributed by atoms with Crippen LogP contribution >= 0.6 is 11.8 Å². The molecule has 7 heteroatoms. The molecule has 0 unspecified atom stereocenters. The van der Waals surface area contributed by atoms with Crippen molar-refractivity contribution in [2.75, 3.05) is 0 Å². The highest BCUT2D eigenvalue weighted by atomic mass is 32.2. The van der Waals surface area contributed by atoms with Crippen LogP contribution in [0.15, 0.2) is 46.3 Å². The maximum atomic E-state index is 5.22. The van der Waals surface area contributed by atoms with Gasteiger partial charge in [-0.05, 0) is 18.1 Å². The Morgan fingerprint density at radius 3 is 2.82 bits per heavy atom. The van der Waals surface area contributed by atoms with Gasteiger partial charge in [-0.15, -0.1) is 5.10 Å². The van der Waals surface area contributed by atoms with Crippen molar-refractivity contribution in [3.05, 3.63) is 48.4 Å². The lowest BCUT2D eigenvalue weighted by atomic mass is 10.1. The third-order valence-electron chi connectivity index (χ3n) is 2.91. The van der Waals surface area contributed by atoms with Crippen molar-refractivity contribution in [3.8, 4) is 5.69 Å². The largest absolute Gasteiger partial charge is 0.339 e. The Kier molecular flexibility index (Phi) is 4.53. The smallest absolute Gasteiger partial charge is 0.226 e. The minimum Gasteiger partial charge on any atom is -0.339 e. The van der Waals surface area contributed by atoms with Crippen LogP contribution in [-0.2, 0) is 12.2 Å². The zero-order valence-corrected chi connectivity index (χ0v) is 13.3. The van der Waals surface area contributed by atoms with Gasteiger partial charge in [0, 0.05) is 6.42 Å². The number of aromatic nitrogens is 5. The molecule has 0 radical (unpaired) electrons. The lowest BCUT2D eigenvalue weighted by molar-refractivity contribution is 0.360. The van der Waals surface area contributed by atoms with E-state index in [9.17, 15) is 0 Å². The number of thioether (sulfide) groups is 1. The van der Waals surface area contributed by atoms with Gasteiger partial charge < -0.3 is 4.52 Å². The summed E-state index contributed by atoms with van der Waals surface area (Å²) in [5.74, 6) is 2.47. The molecule has 114 valence electrons. The molecule has 0 amide bonds. The quantitative estimate of drug-likeness (QED) is 0.651. The number of hydrogen-bond donors (Lipinski definition) is 0. The summed E-state index contributed by atoms with van der Waals surface area (Å²) >= 11 is 1.49. The summed E-state index contributed by atoms with van der Waals surface area (Å²) in [5, 5.41) is 9.11. The van der Waals surface area contributed by atoms with E-state index in [2.05, 4.69) is 34.1 Å². The van der Waals surface area contributed by atoms with Gasteiger partial charge >= 0.3 is 0 Å². The van der Waals surface area contributed by atoms with Crippen LogP contribution in [0.2, 0.25) is 0 Å². The standard InChI is InChI=1S/C15H17N5OS/c1-11(2)8-14-17-13(19-21-14)9-22-15-16-10-20(18-15)12-6-4-3-5-7-12/h3-7,10-11H,8-9H2,1-2H3. The van der Waals surface area contributed by atoms with Crippen molar-refractivity contribution in [3.63, 3.8) is 0 Å². The topological polar surface area (TPSA) is 69.6 Å². The fraction of sp³-hybridized carbons (Fsp3) is 0.333. The van der Waals surface area contributed by atoms with Crippen LogP contribution in [-0.4, -0.2) is 24.9 Å². The third kappa shape index (κ3) is 3.73. The van der Waals surface area contributed by atoms with E-state index >= 15 is 0 Å². The number of para-hydroxylation sites is 1. The van der Waals surface area contributed by atoms with E-state index in [1.165, 1.54) is 11.8 Å². The van der Waals surface area contributed by atoms with Crippen molar-refractivity contribution >= 4 is 11.8 Å². The Labute approximate surface area is 133 Å². The highest BCUT2D eigenvalue weighted by Gasteiger charge is 2.10. The minimum atomic E-state index is 0.504. The molecule has 1 aromatic carbocycles. The highest BCUT2D eigenvalue weighted by Crippen LogP contribution is 2.18. The first kappa shape index (κ1) is 14.8. The summed E-state index contributed by atoms with van der Waals surface area (Å²) in [6.07, 6.45) is 2.51. The Morgan fingerprint density at radius 1 is 1.23 bits per heavy atom. The molecule has 6 nitrogen and oxygen atoms in total. The molecular formula is C15H17N5OS. The van der Waals surface area contributed by atoms with Crippen molar-refractivity contribution in [2.45, 2.75) is 31.2 Å². The molecule has 0 aliphatic carbocycles. The van der Waals surface area contributed by atoms with Crippen LogP contribution < -0.4 is 0 Å². The summed E-state index contributed by atoms with van der Waals surface area (Å²) in [6, 6.07) is 9.89. The monoisotopic (exact) mass is 315 g/mol. The summed E-state index contributed by atoms with van der Waals surface area (Å²) in [5.41, 5.74) is 0.987. The predicted molar refractivity (Wildman–Crippen MR) is 83.8 cm³/mol. The SMILES string of the molecule is CC(C)Cc1nc(CSc2ncn(-c3ccccc3)n2)no1. The van der Waals surface area contributed by atoms with Gasteiger partial charge in [-0.2, -0.15) is 4.98 Å². The molecule has 0 saturated carbocycles. The van der Waals surface area contributed by atoms with Gasteiger partial charge in [0.25, 0.3) is 0 Å². The molecule has 3 rings (SSSR count). The van der Waals surface area contributed by atoms with Gasteiger partial charge in [-0.25, -0.2) is 9.67 Å². The Bertz CT molecular complexity index is 722. The molecule has 22 heavy (non-hydrogen) atoms. The average Bonchev–Trinajstić information content (AvgIpc) is 3.15. The van der Waals surface area contributed by atoms with Crippen LogP contribution in [0.4, 0.5) is 0 Å². The molecule has 2 aromatic heterocycles. The first-order chi connectivity index (χ1) is 10.7. The lowest BCUT2D eigenvalue weighted by Gasteiger charge is -1.97. The predicted octanol–water partition coefficient (Wildman–Crippen LogP) is 3.14. The lowest BCUT2D eigenvalue weighted by Crippen LogP contribution is -1.95. The summed E-state index contributed by atoms with van der Waals surface area (Å²) in [4.78, 5) is 8.66. The van der Waals surface area contributed by atoms with E-state index < -0.39 is 0 Å². The molecule has 3 aromatic rings. The maximum absolute atomic E-state index is 5.22.